The van der Waals surface area contributed by atoms with Gasteiger partial charge in [-0.2, -0.15) is 0 Å². The van der Waals surface area contributed by atoms with Crippen LogP contribution in [0, 0.1) is 5.92 Å². The van der Waals surface area contributed by atoms with E-state index in [0.29, 0.717) is 24.6 Å². The highest BCUT2D eigenvalue weighted by molar-refractivity contribution is 7.80. The second-order valence-corrected chi connectivity index (χ2v) is 5.11. The number of nitrogens with one attached hydrogen (secondary N) is 1. The highest BCUT2D eigenvalue weighted by Gasteiger charge is 2.03. The van der Waals surface area contributed by atoms with Gasteiger partial charge in [0.05, 0.1) is 6.61 Å². The molecule has 0 spiro atoms. The Morgan fingerprint density at radius 3 is 2.56 bits per heavy atom. The molecule has 1 rings (SSSR count). The van der Waals surface area contributed by atoms with Gasteiger partial charge in [0.15, 0.2) is 0 Å². The molecule has 0 saturated heterocycles. The standard InChI is InChI=1S/C14H21NO2S/c1-11(2)7-9-17-10-8-15-14(16)12-3-5-13(18)6-4-12/h3-6,11,18H,7-10H2,1-2H3,(H,15,16). The van der Waals surface area contributed by atoms with Crippen molar-refractivity contribution in [3.63, 3.8) is 0 Å². The number of hydrogen-bond acceptors (Lipinski definition) is 3. The van der Waals surface area contributed by atoms with E-state index in [1.54, 1.807) is 24.3 Å². The molecule has 0 saturated carbocycles. The Balaban J connectivity index is 2.16. The van der Waals surface area contributed by atoms with Crippen LogP contribution in [0.15, 0.2) is 29.2 Å². The van der Waals surface area contributed by atoms with E-state index in [0.717, 1.165) is 17.9 Å². The summed E-state index contributed by atoms with van der Waals surface area (Å²) in [5.41, 5.74) is 0.648. The van der Waals surface area contributed by atoms with Gasteiger partial charge in [-0.25, -0.2) is 0 Å². The molecule has 0 atom stereocenters. The maximum atomic E-state index is 11.7. The van der Waals surface area contributed by atoms with Crippen LogP contribution in [-0.2, 0) is 4.74 Å². The van der Waals surface area contributed by atoms with Gasteiger partial charge >= 0.3 is 0 Å². The summed E-state index contributed by atoms with van der Waals surface area (Å²) in [7, 11) is 0. The molecule has 100 valence electrons. The van der Waals surface area contributed by atoms with Gasteiger partial charge in [-0.3, -0.25) is 4.79 Å². The molecule has 0 fully saturated rings. The fourth-order valence-electron chi connectivity index (χ4n) is 1.37. The van der Waals surface area contributed by atoms with Gasteiger partial charge in [-0.05, 0) is 36.6 Å². The van der Waals surface area contributed by atoms with Crippen molar-refractivity contribution >= 4 is 18.5 Å². The predicted molar refractivity (Wildman–Crippen MR) is 76.3 cm³/mol. The molecule has 1 N–H and O–H groups in total. The average molecular weight is 267 g/mol. The van der Waals surface area contributed by atoms with Crippen molar-refractivity contribution in [2.75, 3.05) is 19.8 Å². The Labute approximate surface area is 114 Å². The van der Waals surface area contributed by atoms with Gasteiger partial charge in [0.1, 0.15) is 0 Å². The lowest BCUT2D eigenvalue weighted by Gasteiger charge is -2.08. The van der Waals surface area contributed by atoms with Crippen LogP contribution in [0.1, 0.15) is 30.6 Å². The lowest BCUT2D eigenvalue weighted by atomic mass is 10.1. The Kier molecular flexibility index (Phi) is 6.83. The number of ether oxygens (including phenoxy) is 1. The third kappa shape index (κ3) is 6.07. The van der Waals surface area contributed by atoms with Crippen molar-refractivity contribution in [1.29, 1.82) is 0 Å². The van der Waals surface area contributed by atoms with Crippen LogP contribution < -0.4 is 5.32 Å². The predicted octanol–water partition coefficient (Wildman–Crippen LogP) is 2.77. The average Bonchev–Trinajstić information content (AvgIpc) is 2.34. The normalized spacial score (nSPS) is 10.7. The molecule has 0 aliphatic carbocycles. The second-order valence-electron chi connectivity index (χ2n) is 4.60. The van der Waals surface area contributed by atoms with Crippen LogP contribution in [0.2, 0.25) is 0 Å². The maximum Gasteiger partial charge on any atom is 0.251 e. The van der Waals surface area contributed by atoms with E-state index in [9.17, 15) is 4.79 Å². The first kappa shape index (κ1) is 15.1. The minimum atomic E-state index is -0.0733. The minimum Gasteiger partial charge on any atom is -0.380 e. The van der Waals surface area contributed by atoms with Gasteiger partial charge in [0.2, 0.25) is 0 Å². The molecule has 0 radical (unpaired) electrons. The first-order chi connectivity index (χ1) is 8.59. The fourth-order valence-corrected chi connectivity index (χ4v) is 1.52. The molecule has 0 aromatic heterocycles. The van der Waals surface area contributed by atoms with Crippen LogP contribution in [0.3, 0.4) is 0 Å². The summed E-state index contributed by atoms with van der Waals surface area (Å²) in [5.74, 6) is 0.579. The Hall–Kier alpha value is -1.00. The molecule has 0 aliphatic rings. The first-order valence-electron chi connectivity index (χ1n) is 6.24. The van der Waals surface area contributed by atoms with Crippen molar-refractivity contribution in [3.05, 3.63) is 29.8 Å². The SMILES string of the molecule is CC(C)CCOCCNC(=O)c1ccc(S)cc1. The van der Waals surface area contributed by atoms with E-state index in [1.807, 2.05) is 0 Å². The monoisotopic (exact) mass is 267 g/mol. The van der Waals surface area contributed by atoms with Gasteiger partial charge in [0.25, 0.3) is 5.91 Å². The van der Waals surface area contributed by atoms with Crippen LogP contribution >= 0.6 is 12.6 Å². The zero-order valence-corrected chi connectivity index (χ0v) is 11.9. The Morgan fingerprint density at radius 1 is 1.28 bits per heavy atom. The molecule has 1 aromatic carbocycles. The van der Waals surface area contributed by atoms with Crippen molar-refractivity contribution in [1.82, 2.24) is 5.32 Å². The highest BCUT2D eigenvalue weighted by Crippen LogP contribution is 2.07. The van der Waals surface area contributed by atoms with E-state index >= 15 is 0 Å². The van der Waals surface area contributed by atoms with E-state index in [2.05, 4.69) is 31.8 Å². The highest BCUT2D eigenvalue weighted by atomic mass is 32.1. The van der Waals surface area contributed by atoms with Crippen LogP contribution in [0.5, 0.6) is 0 Å². The summed E-state index contributed by atoms with van der Waals surface area (Å²) in [4.78, 5) is 12.6. The molecular weight excluding hydrogens is 246 g/mol. The molecule has 0 aliphatic heterocycles. The number of amides is 1. The van der Waals surface area contributed by atoms with Crippen LogP contribution in [-0.4, -0.2) is 25.7 Å². The summed E-state index contributed by atoms with van der Waals surface area (Å²) in [5, 5.41) is 2.82. The van der Waals surface area contributed by atoms with Crippen LogP contribution in [0.25, 0.3) is 0 Å². The van der Waals surface area contributed by atoms with Crippen molar-refractivity contribution < 1.29 is 9.53 Å². The number of carbonyl (C=O) groups is 1. The van der Waals surface area contributed by atoms with Crippen molar-refractivity contribution in [2.45, 2.75) is 25.2 Å². The van der Waals surface area contributed by atoms with E-state index < -0.39 is 0 Å². The number of hydrogen-bond donors (Lipinski definition) is 2. The smallest absolute Gasteiger partial charge is 0.251 e. The minimum absolute atomic E-state index is 0.0733. The van der Waals surface area contributed by atoms with E-state index in [-0.39, 0.29) is 5.91 Å². The van der Waals surface area contributed by atoms with Gasteiger partial charge < -0.3 is 10.1 Å². The van der Waals surface area contributed by atoms with E-state index in [1.165, 1.54) is 0 Å². The number of rotatable bonds is 7. The van der Waals surface area contributed by atoms with Gasteiger partial charge in [0, 0.05) is 23.6 Å². The first-order valence-corrected chi connectivity index (χ1v) is 6.69. The summed E-state index contributed by atoms with van der Waals surface area (Å²) in [6, 6.07) is 7.13. The van der Waals surface area contributed by atoms with Crippen LogP contribution in [0.4, 0.5) is 0 Å². The summed E-state index contributed by atoms with van der Waals surface area (Å²) in [6.07, 6.45) is 1.05. The number of benzene rings is 1. The van der Waals surface area contributed by atoms with E-state index in [4.69, 9.17) is 4.74 Å². The zero-order valence-electron chi connectivity index (χ0n) is 11.0. The molecule has 18 heavy (non-hydrogen) atoms. The molecule has 1 amide bonds. The number of carbonyl (C=O) groups excluding carboxylic acids is 1. The third-order valence-electron chi connectivity index (χ3n) is 2.50. The quantitative estimate of drug-likeness (QED) is 0.589. The lowest BCUT2D eigenvalue weighted by molar-refractivity contribution is 0.0906. The molecule has 3 nitrogen and oxygen atoms in total. The Morgan fingerprint density at radius 2 is 1.94 bits per heavy atom. The fraction of sp³-hybridized carbons (Fsp3) is 0.500. The molecule has 0 heterocycles. The van der Waals surface area contributed by atoms with Gasteiger partial charge in [-0.15, -0.1) is 12.6 Å². The summed E-state index contributed by atoms with van der Waals surface area (Å²) >= 11 is 4.17. The maximum absolute atomic E-state index is 11.7. The third-order valence-corrected chi connectivity index (χ3v) is 2.80. The van der Waals surface area contributed by atoms with Crippen molar-refractivity contribution in [2.24, 2.45) is 5.92 Å². The largest absolute Gasteiger partial charge is 0.380 e. The molecule has 0 bridgehead atoms. The Bertz CT molecular complexity index is 363. The molecule has 0 unspecified atom stereocenters. The van der Waals surface area contributed by atoms with Crippen molar-refractivity contribution in [3.8, 4) is 0 Å². The lowest BCUT2D eigenvalue weighted by Crippen LogP contribution is -2.27. The van der Waals surface area contributed by atoms with Gasteiger partial charge in [-0.1, -0.05) is 13.8 Å². The second kappa shape index (κ2) is 8.16. The molecule has 4 heteroatoms. The zero-order chi connectivity index (χ0) is 13.4. The number of thiol groups is 1. The summed E-state index contributed by atoms with van der Waals surface area (Å²) < 4.78 is 5.42. The topological polar surface area (TPSA) is 38.3 Å². The summed E-state index contributed by atoms with van der Waals surface area (Å²) in [6.45, 7) is 6.18. The molecule has 1 aromatic rings. The molecular formula is C14H21NO2S.